The van der Waals surface area contributed by atoms with E-state index in [4.69, 9.17) is 5.73 Å². The van der Waals surface area contributed by atoms with Crippen LogP contribution in [0.2, 0.25) is 0 Å². The SMILES string of the molecule is Cc1cc(C2(CN)CCCCC2)c(C)n1C1CC1. The van der Waals surface area contributed by atoms with E-state index in [-0.39, 0.29) is 5.41 Å². The van der Waals surface area contributed by atoms with Crippen molar-refractivity contribution in [3.63, 3.8) is 0 Å². The van der Waals surface area contributed by atoms with E-state index >= 15 is 0 Å². The summed E-state index contributed by atoms with van der Waals surface area (Å²) in [5.74, 6) is 0. The molecule has 2 fully saturated rings. The molecule has 0 aliphatic heterocycles. The van der Waals surface area contributed by atoms with E-state index < -0.39 is 0 Å². The maximum absolute atomic E-state index is 6.18. The van der Waals surface area contributed by atoms with Crippen LogP contribution in [0.1, 0.15) is 67.9 Å². The number of hydrogen-bond donors (Lipinski definition) is 1. The van der Waals surface area contributed by atoms with Gasteiger partial charge in [0, 0.05) is 29.4 Å². The standard InChI is InChI=1S/C16H26N2/c1-12-10-15(13(2)18(12)14-6-7-14)16(11-17)8-4-3-5-9-16/h10,14H,3-9,11,17H2,1-2H3. The highest BCUT2D eigenvalue weighted by Gasteiger charge is 2.37. The highest BCUT2D eigenvalue weighted by atomic mass is 15.1. The van der Waals surface area contributed by atoms with Gasteiger partial charge in [-0.05, 0) is 51.2 Å². The lowest BCUT2D eigenvalue weighted by Gasteiger charge is -2.36. The number of aryl methyl sites for hydroxylation is 1. The van der Waals surface area contributed by atoms with Gasteiger partial charge in [-0.3, -0.25) is 0 Å². The van der Waals surface area contributed by atoms with Gasteiger partial charge in [0.05, 0.1) is 0 Å². The molecule has 0 saturated heterocycles. The molecule has 18 heavy (non-hydrogen) atoms. The van der Waals surface area contributed by atoms with Crippen LogP contribution in [0.4, 0.5) is 0 Å². The molecule has 2 aliphatic rings. The van der Waals surface area contributed by atoms with E-state index in [1.54, 1.807) is 5.56 Å². The Morgan fingerprint density at radius 1 is 1.22 bits per heavy atom. The molecule has 1 aromatic heterocycles. The number of rotatable bonds is 3. The maximum atomic E-state index is 6.18. The number of hydrogen-bond acceptors (Lipinski definition) is 1. The Kier molecular flexibility index (Phi) is 3.01. The van der Waals surface area contributed by atoms with Gasteiger partial charge < -0.3 is 10.3 Å². The summed E-state index contributed by atoms with van der Waals surface area (Å²) in [6.45, 7) is 5.40. The van der Waals surface area contributed by atoms with Crippen LogP contribution in [-0.4, -0.2) is 11.1 Å². The minimum Gasteiger partial charge on any atom is -0.346 e. The molecule has 2 saturated carbocycles. The van der Waals surface area contributed by atoms with E-state index in [9.17, 15) is 0 Å². The lowest BCUT2D eigenvalue weighted by atomic mass is 9.69. The molecular weight excluding hydrogens is 220 g/mol. The zero-order valence-corrected chi connectivity index (χ0v) is 11.8. The summed E-state index contributed by atoms with van der Waals surface area (Å²) >= 11 is 0. The fourth-order valence-electron chi connectivity index (χ4n) is 4.02. The van der Waals surface area contributed by atoms with Crippen LogP contribution in [0.3, 0.4) is 0 Å². The van der Waals surface area contributed by atoms with Gasteiger partial charge in [-0.25, -0.2) is 0 Å². The second-order valence-electron chi connectivity index (χ2n) is 6.43. The van der Waals surface area contributed by atoms with Crippen LogP contribution < -0.4 is 5.73 Å². The van der Waals surface area contributed by atoms with Crippen LogP contribution >= 0.6 is 0 Å². The summed E-state index contributed by atoms with van der Waals surface area (Å²) in [7, 11) is 0. The average molecular weight is 246 g/mol. The Balaban J connectivity index is 2.01. The second-order valence-corrected chi connectivity index (χ2v) is 6.43. The van der Waals surface area contributed by atoms with Gasteiger partial charge >= 0.3 is 0 Å². The van der Waals surface area contributed by atoms with Crippen molar-refractivity contribution in [3.8, 4) is 0 Å². The fraction of sp³-hybridized carbons (Fsp3) is 0.750. The minimum atomic E-state index is 0.285. The number of nitrogens with zero attached hydrogens (tertiary/aromatic N) is 1. The van der Waals surface area contributed by atoms with E-state index in [1.165, 1.54) is 56.3 Å². The summed E-state index contributed by atoms with van der Waals surface area (Å²) < 4.78 is 2.57. The molecule has 0 unspecified atom stereocenters. The zero-order chi connectivity index (χ0) is 12.8. The molecule has 3 rings (SSSR count). The average Bonchev–Trinajstić information content (AvgIpc) is 3.17. The van der Waals surface area contributed by atoms with Gasteiger partial charge in [-0.2, -0.15) is 0 Å². The quantitative estimate of drug-likeness (QED) is 0.868. The lowest BCUT2D eigenvalue weighted by Crippen LogP contribution is -2.37. The van der Waals surface area contributed by atoms with Crippen LogP contribution in [0, 0.1) is 13.8 Å². The van der Waals surface area contributed by atoms with Crippen molar-refractivity contribution < 1.29 is 0 Å². The second kappa shape index (κ2) is 4.41. The third-order valence-electron chi connectivity index (χ3n) is 5.17. The van der Waals surface area contributed by atoms with Gasteiger partial charge in [-0.15, -0.1) is 0 Å². The highest BCUT2D eigenvalue weighted by molar-refractivity contribution is 5.36. The lowest BCUT2D eigenvalue weighted by molar-refractivity contribution is 0.299. The first kappa shape index (κ1) is 12.3. The van der Waals surface area contributed by atoms with Crippen molar-refractivity contribution in [2.24, 2.45) is 5.73 Å². The molecule has 2 aliphatic carbocycles. The molecule has 1 heterocycles. The Hall–Kier alpha value is -0.760. The Morgan fingerprint density at radius 3 is 2.44 bits per heavy atom. The van der Waals surface area contributed by atoms with E-state index in [1.807, 2.05) is 0 Å². The molecule has 0 atom stereocenters. The first-order chi connectivity index (χ1) is 8.68. The number of nitrogens with two attached hydrogens (primary N) is 1. The summed E-state index contributed by atoms with van der Waals surface area (Å²) in [4.78, 5) is 0. The van der Waals surface area contributed by atoms with Crippen molar-refractivity contribution in [3.05, 3.63) is 23.0 Å². The topological polar surface area (TPSA) is 30.9 Å². The van der Waals surface area contributed by atoms with Crippen LogP contribution in [-0.2, 0) is 5.41 Å². The molecule has 2 nitrogen and oxygen atoms in total. The zero-order valence-electron chi connectivity index (χ0n) is 11.8. The third kappa shape index (κ3) is 1.82. The predicted molar refractivity (Wildman–Crippen MR) is 76.0 cm³/mol. The van der Waals surface area contributed by atoms with Gasteiger partial charge in [0.15, 0.2) is 0 Å². The minimum absolute atomic E-state index is 0.285. The predicted octanol–water partition coefficient (Wildman–Crippen LogP) is 3.60. The molecule has 0 aromatic carbocycles. The van der Waals surface area contributed by atoms with Gasteiger partial charge in [0.1, 0.15) is 0 Å². The summed E-state index contributed by atoms with van der Waals surface area (Å²) in [6, 6.07) is 3.23. The molecule has 0 radical (unpaired) electrons. The van der Waals surface area contributed by atoms with E-state index in [2.05, 4.69) is 24.5 Å². The Bertz CT molecular complexity index is 434. The summed E-state index contributed by atoms with van der Waals surface area (Å²) in [5, 5.41) is 0. The molecule has 0 amide bonds. The van der Waals surface area contributed by atoms with E-state index in [0.29, 0.717) is 0 Å². The highest BCUT2D eigenvalue weighted by Crippen LogP contribution is 2.44. The summed E-state index contributed by atoms with van der Waals surface area (Å²) in [5.41, 5.74) is 11.0. The van der Waals surface area contributed by atoms with Crippen molar-refractivity contribution >= 4 is 0 Å². The van der Waals surface area contributed by atoms with Crippen LogP contribution in [0.15, 0.2) is 6.07 Å². The monoisotopic (exact) mass is 246 g/mol. The molecular formula is C16H26N2. The first-order valence-electron chi connectivity index (χ1n) is 7.57. The van der Waals surface area contributed by atoms with Crippen LogP contribution in [0.5, 0.6) is 0 Å². The molecule has 2 heteroatoms. The van der Waals surface area contributed by atoms with Gasteiger partial charge in [0.25, 0.3) is 0 Å². The van der Waals surface area contributed by atoms with E-state index in [0.717, 1.165) is 12.6 Å². The largest absolute Gasteiger partial charge is 0.346 e. The first-order valence-corrected chi connectivity index (χ1v) is 7.57. The van der Waals surface area contributed by atoms with Crippen molar-refractivity contribution in [1.29, 1.82) is 0 Å². The van der Waals surface area contributed by atoms with Crippen molar-refractivity contribution in [2.75, 3.05) is 6.54 Å². The molecule has 2 N–H and O–H groups in total. The smallest absolute Gasteiger partial charge is 0.0337 e. The molecule has 0 spiro atoms. The maximum Gasteiger partial charge on any atom is 0.0337 e. The van der Waals surface area contributed by atoms with Gasteiger partial charge in [-0.1, -0.05) is 19.3 Å². The molecule has 100 valence electrons. The van der Waals surface area contributed by atoms with Crippen molar-refractivity contribution in [2.45, 2.75) is 70.3 Å². The summed E-state index contributed by atoms with van der Waals surface area (Å²) in [6.07, 6.45) is 9.41. The number of aromatic nitrogens is 1. The van der Waals surface area contributed by atoms with Crippen molar-refractivity contribution in [1.82, 2.24) is 4.57 Å². The van der Waals surface area contributed by atoms with Crippen LogP contribution in [0.25, 0.3) is 0 Å². The normalized spacial score (nSPS) is 23.3. The molecule has 0 bridgehead atoms. The third-order valence-corrected chi connectivity index (χ3v) is 5.17. The van der Waals surface area contributed by atoms with Gasteiger partial charge in [0.2, 0.25) is 0 Å². The Morgan fingerprint density at radius 2 is 1.89 bits per heavy atom. The molecule has 1 aromatic rings. The fourth-order valence-corrected chi connectivity index (χ4v) is 4.02. The Labute approximate surface area is 111 Å².